The van der Waals surface area contributed by atoms with E-state index in [1.165, 1.54) is 6.34 Å². The van der Waals surface area contributed by atoms with Crippen molar-refractivity contribution in [1.82, 2.24) is 4.90 Å². The second-order valence-corrected chi connectivity index (χ2v) is 2.60. The minimum absolute atomic E-state index is 0.202. The van der Waals surface area contributed by atoms with Crippen molar-refractivity contribution < 1.29 is 4.79 Å². The van der Waals surface area contributed by atoms with Crippen molar-refractivity contribution in [3.63, 3.8) is 0 Å². The summed E-state index contributed by atoms with van der Waals surface area (Å²) in [5.74, 6) is 0.202. The lowest BCUT2D eigenvalue weighted by molar-refractivity contribution is -0.135. The van der Waals surface area contributed by atoms with Gasteiger partial charge >= 0.3 is 0 Å². The zero-order valence-corrected chi connectivity index (χ0v) is 6.66. The number of rotatable bonds is 2. The molecule has 1 aliphatic rings. The molecule has 0 aliphatic carbocycles. The van der Waals surface area contributed by atoms with Crippen LogP contribution in [0.15, 0.2) is 4.99 Å². The molecule has 0 unspecified atom stereocenters. The number of likely N-dealkylation sites (tertiary alicyclic amines) is 1. The van der Waals surface area contributed by atoms with Crippen molar-refractivity contribution in [2.24, 2.45) is 10.7 Å². The van der Waals surface area contributed by atoms with Crippen molar-refractivity contribution in [2.45, 2.75) is 19.4 Å². The van der Waals surface area contributed by atoms with Crippen LogP contribution in [-0.4, -0.2) is 36.3 Å². The number of nitrogens with zero attached hydrogens (tertiary/aromatic N) is 2. The molecular weight excluding hydrogens is 142 g/mol. The molecule has 4 nitrogen and oxygen atoms in total. The summed E-state index contributed by atoms with van der Waals surface area (Å²) < 4.78 is 0. The number of hydrogen-bond acceptors (Lipinski definition) is 2. The zero-order chi connectivity index (χ0) is 8.27. The van der Waals surface area contributed by atoms with Gasteiger partial charge in [-0.2, -0.15) is 0 Å². The van der Waals surface area contributed by atoms with Gasteiger partial charge in [-0.05, 0) is 0 Å². The first-order valence-electron chi connectivity index (χ1n) is 3.79. The van der Waals surface area contributed by atoms with Gasteiger partial charge < -0.3 is 10.6 Å². The summed E-state index contributed by atoms with van der Waals surface area (Å²) in [6.45, 7) is 3.34. The molecule has 0 spiro atoms. The van der Waals surface area contributed by atoms with Crippen LogP contribution in [0.3, 0.4) is 0 Å². The molecule has 0 aromatic carbocycles. The number of nitrogens with two attached hydrogens (primary N) is 1. The van der Waals surface area contributed by atoms with Gasteiger partial charge in [-0.25, -0.2) is 0 Å². The van der Waals surface area contributed by atoms with Gasteiger partial charge in [0.05, 0.1) is 12.4 Å². The molecule has 1 aliphatic heterocycles. The van der Waals surface area contributed by atoms with Crippen LogP contribution in [0.1, 0.15) is 13.3 Å². The van der Waals surface area contributed by atoms with Gasteiger partial charge in [0.25, 0.3) is 0 Å². The van der Waals surface area contributed by atoms with Crippen LogP contribution in [0.5, 0.6) is 0 Å². The Balaban J connectivity index is 2.23. The lowest BCUT2D eigenvalue weighted by Gasteiger charge is -2.36. The van der Waals surface area contributed by atoms with Crippen LogP contribution in [0.25, 0.3) is 0 Å². The fourth-order valence-electron chi connectivity index (χ4n) is 1.10. The molecular formula is C7H13N3O. The van der Waals surface area contributed by atoms with Gasteiger partial charge in [0.1, 0.15) is 0 Å². The number of carbonyl (C=O) groups excluding carboxylic acids is 1. The number of carbonyl (C=O) groups is 1. The van der Waals surface area contributed by atoms with E-state index in [4.69, 9.17) is 5.73 Å². The SMILES string of the molecule is CCC(=O)N1CC(N=CN)C1. The van der Waals surface area contributed by atoms with Crippen LogP contribution in [0.4, 0.5) is 0 Å². The highest BCUT2D eigenvalue weighted by atomic mass is 16.2. The Morgan fingerprint density at radius 2 is 2.45 bits per heavy atom. The first-order valence-corrected chi connectivity index (χ1v) is 3.79. The summed E-state index contributed by atoms with van der Waals surface area (Å²) in [7, 11) is 0. The molecule has 0 saturated carbocycles. The Morgan fingerprint density at radius 1 is 1.82 bits per heavy atom. The molecule has 1 amide bonds. The highest BCUT2D eigenvalue weighted by Crippen LogP contribution is 2.11. The number of aliphatic imine (C=N–C) groups is 1. The van der Waals surface area contributed by atoms with Crippen molar-refractivity contribution in [3.05, 3.63) is 0 Å². The Bertz CT molecular complexity index is 173. The third-order valence-corrected chi connectivity index (χ3v) is 1.81. The minimum atomic E-state index is 0.202. The standard InChI is InChI=1S/C7H13N3O/c1-2-7(11)10-3-6(4-10)9-5-8/h5-6H,2-4H2,1H3,(H2,8,9). The molecule has 1 saturated heterocycles. The fourth-order valence-corrected chi connectivity index (χ4v) is 1.10. The van der Waals surface area contributed by atoms with E-state index in [0.29, 0.717) is 6.42 Å². The highest BCUT2D eigenvalue weighted by Gasteiger charge is 2.28. The van der Waals surface area contributed by atoms with Gasteiger partial charge in [0, 0.05) is 19.5 Å². The minimum Gasteiger partial charge on any atom is -0.390 e. The second kappa shape index (κ2) is 3.37. The van der Waals surface area contributed by atoms with Crippen LogP contribution in [0, 0.1) is 0 Å². The molecule has 11 heavy (non-hydrogen) atoms. The molecule has 0 bridgehead atoms. The van der Waals surface area contributed by atoms with Gasteiger partial charge in [-0.1, -0.05) is 6.92 Å². The van der Waals surface area contributed by atoms with E-state index in [2.05, 4.69) is 4.99 Å². The Kier molecular flexibility index (Phi) is 2.46. The normalized spacial score (nSPS) is 18.8. The third kappa shape index (κ3) is 1.69. The maximum Gasteiger partial charge on any atom is 0.222 e. The van der Waals surface area contributed by atoms with Crippen LogP contribution in [-0.2, 0) is 4.79 Å². The second-order valence-electron chi connectivity index (χ2n) is 2.60. The monoisotopic (exact) mass is 155 g/mol. The Morgan fingerprint density at radius 3 is 2.91 bits per heavy atom. The van der Waals surface area contributed by atoms with E-state index in [1.54, 1.807) is 4.90 Å². The van der Waals surface area contributed by atoms with E-state index in [9.17, 15) is 4.79 Å². The van der Waals surface area contributed by atoms with Crippen LogP contribution < -0.4 is 5.73 Å². The number of amides is 1. The summed E-state index contributed by atoms with van der Waals surface area (Å²) in [5, 5.41) is 0. The molecule has 1 heterocycles. The summed E-state index contributed by atoms with van der Waals surface area (Å²) in [6, 6.07) is 0.246. The number of hydrogen-bond donors (Lipinski definition) is 1. The van der Waals surface area contributed by atoms with Crippen molar-refractivity contribution in [1.29, 1.82) is 0 Å². The molecule has 0 radical (unpaired) electrons. The molecule has 1 fully saturated rings. The largest absolute Gasteiger partial charge is 0.390 e. The van der Waals surface area contributed by atoms with E-state index in [-0.39, 0.29) is 11.9 Å². The van der Waals surface area contributed by atoms with E-state index < -0.39 is 0 Å². The molecule has 1 rings (SSSR count). The average molecular weight is 155 g/mol. The van der Waals surface area contributed by atoms with Gasteiger partial charge in [0.2, 0.25) is 5.91 Å². The molecule has 0 aromatic rings. The van der Waals surface area contributed by atoms with E-state index in [1.807, 2.05) is 6.92 Å². The first-order chi connectivity index (χ1) is 5.27. The fraction of sp³-hybridized carbons (Fsp3) is 0.714. The van der Waals surface area contributed by atoms with Crippen molar-refractivity contribution >= 4 is 12.2 Å². The molecule has 2 N–H and O–H groups in total. The quantitative estimate of drug-likeness (QED) is 0.435. The van der Waals surface area contributed by atoms with E-state index >= 15 is 0 Å². The maximum absolute atomic E-state index is 11.0. The van der Waals surface area contributed by atoms with Crippen molar-refractivity contribution in [3.8, 4) is 0 Å². The summed E-state index contributed by atoms with van der Waals surface area (Å²) in [4.78, 5) is 16.7. The lowest BCUT2D eigenvalue weighted by atomic mass is 10.1. The predicted octanol–water partition coefficient (Wildman–Crippen LogP) is -0.406. The molecule has 0 aromatic heterocycles. The first kappa shape index (κ1) is 8.04. The van der Waals surface area contributed by atoms with Crippen LogP contribution in [0.2, 0.25) is 0 Å². The topological polar surface area (TPSA) is 58.7 Å². The third-order valence-electron chi connectivity index (χ3n) is 1.81. The summed E-state index contributed by atoms with van der Waals surface area (Å²) in [5.41, 5.74) is 5.10. The van der Waals surface area contributed by atoms with Crippen LogP contribution >= 0.6 is 0 Å². The molecule has 62 valence electrons. The van der Waals surface area contributed by atoms with Gasteiger partial charge in [-0.3, -0.25) is 9.79 Å². The van der Waals surface area contributed by atoms with Gasteiger partial charge in [0.15, 0.2) is 0 Å². The predicted molar refractivity (Wildman–Crippen MR) is 43.3 cm³/mol. The van der Waals surface area contributed by atoms with E-state index in [0.717, 1.165) is 13.1 Å². The zero-order valence-electron chi connectivity index (χ0n) is 6.66. The Labute approximate surface area is 66.1 Å². The average Bonchev–Trinajstić information content (AvgIpc) is 1.94. The lowest BCUT2D eigenvalue weighted by Crippen LogP contribution is -2.52. The molecule has 4 heteroatoms. The summed E-state index contributed by atoms with van der Waals surface area (Å²) in [6.07, 6.45) is 1.89. The summed E-state index contributed by atoms with van der Waals surface area (Å²) >= 11 is 0. The van der Waals surface area contributed by atoms with Gasteiger partial charge in [-0.15, -0.1) is 0 Å². The highest BCUT2D eigenvalue weighted by molar-refractivity contribution is 5.76. The molecule has 0 atom stereocenters. The Hall–Kier alpha value is -1.06. The smallest absolute Gasteiger partial charge is 0.222 e. The van der Waals surface area contributed by atoms with Crippen molar-refractivity contribution in [2.75, 3.05) is 13.1 Å². The maximum atomic E-state index is 11.0.